The average Bonchev–Trinajstić information content (AvgIpc) is 3.20. The van der Waals surface area contributed by atoms with E-state index in [4.69, 9.17) is 4.98 Å². The van der Waals surface area contributed by atoms with Crippen LogP contribution in [0.5, 0.6) is 0 Å². The molecule has 0 unspecified atom stereocenters. The summed E-state index contributed by atoms with van der Waals surface area (Å²) < 4.78 is 2.16. The maximum atomic E-state index is 12.5. The first-order valence-electron chi connectivity index (χ1n) is 7.69. The number of hydrogen-bond acceptors (Lipinski definition) is 3. The number of thiazole rings is 1. The predicted octanol–water partition coefficient (Wildman–Crippen LogP) is 4.41. The van der Waals surface area contributed by atoms with Crippen molar-refractivity contribution in [3.05, 3.63) is 51.7 Å². The molecule has 4 nitrogen and oxygen atoms in total. The second kappa shape index (κ2) is 6.09. The number of amides is 1. The molecule has 1 N–H and O–H groups in total. The van der Waals surface area contributed by atoms with Crippen molar-refractivity contribution in [3.63, 3.8) is 0 Å². The molecule has 1 saturated heterocycles. The lowest BCUT2D eigenvalue weighted by Gasteiger charge is -2.30. The van der Waals surface area contributed by atoms with E-state index in [0.29, 0.717) is 11.6 Å². The van der Waals surface area contributed by atoms with Crippen LogP contribution in [0.15, 0.2) is 41.0 Å². The van der Waals surface area contributed by atoms with Gasteiger partial charge in [-0.25, -0.2) is 4.98 Å². The van der Waals surface area contributed by atoms with Crippen LogP contribution in [0.1, 0.15) is 34.3 Å². The van der Waals surface area contributed by atoms with Crippen molar-refractivity contribution in [1.29, 1.82) is 0 Å². The van der Waals surface area contributed by atoms with E-state index < -0.39 is 0 Å². The number of nitrogens with zero attached hydrogens (tertiary/aromatic N) is 2. The fraction of sp³-hybridized carbons (Fsp3) is 0.294. The summed E-state index contributed by atoms with van der Waals surface area (Å²) in [7, 11) is 0. The maximum Gasteiger partial charge on any atom is 0.270 e. The van der Waals surface area contributed by atoms with E-state index in [-0.39, 0.29) is 5.91 Å². The van der Waals surface area contributed by atoms with Gasteiger partial charge in [0, 0.05) is 29.7 Å². The van der Waals surface area contributed by atoms with Crippen molar-refractivity contribution in [2.45, 2.75) is 18.8 Å². The highest BCUT2D eigenvalue weighted by Crippen LogP contribution is 2.34. The Balaban J connectivity index is 1.45. The lowest BCUT2D eigenvalue weighted by atomic mass is 9.97. The molecule has 2 aromatic heterocycles. The monoisotopic (exact) mass is 389 g/mol. The van der Waals surface area contributed by atoms with Gasteiger partial charge in [0.2, 0.25) is 0 Å². The van der Waals surface area contributed by atoms with Crippen LogP contribution in [0.3, 0.4) is 0 Å². The minimum absolute atomic E-state index is 0.0819. The molecule has 3 aromatic rings. The lowest BCUT2D eigenvalue weighted by molar-refractivity contribution is 0.0707. The molecular formula is C17H16BrN3OS. The van der Waals surface area contributed by atoms with E-state index in [1.165, 1.54) is 9.71 Å². The molecular weight excluding hydrogens is 374 g/mol. The number of para-hydroxylation sites is 1. The normalized spacial score (nSPS) is 16.1. The summed E-state index contributed by atoms with van der Waals surface area (Å²) in [5.74, 6) is 0.547. The molecule has 23 heavy (non-hydrogen) atoms. The molecule has 0 bridgehead atoms. The predicted molar refractivity (Wildman–Crippen MR) is 96.0 cm³/mol. The minimum atomic E-state index is 0.0819. The number of aromatic nitrogens is 2. The van der Waals surface area contributed by atoms with E-state index in [2.05, 4.69) is 39.1 Å². The topological polar surface area (TPSA) is 49.0 Å². The number of halogens is 1. The maximum absolute atomic E-state index is 12.5. The smallest absolute Gasteiger partial charge is 0.270 e. The molecule has 1 aliphatic rings. The van der Waals surface area contributed by atoms with Crippen molar-refractivity contribution < 1.29 is 4.79 Å². The number of carbonyl (C=O) groups excluding carboxylic acids is 1. The van der Waals surface area contributed by atoms with Crippen molar-refractivity contribution in [1.82, 2.24) is 14.9 Å². The average molecular weight is 390 g/mol. The van der Waals surface area contributed by atoms with Crippen LogP contribution in [-0.2, 0) is 0 Å². The standard InChI is InChI=1S/C17H16BrN3OS/c18-12-9-14(19-10-12)17(22)21-7-5-11(6-8-21)16-20-13-3-1-2-4-15(13)23-16/h1-4,9-11,19H,5-8H2. The van der Waals surface area contributed by atoms with Crippen molar-refractivity contribution in [2.75, 3.05) is 13.1 Å². The number of piperidine rings is 1. The van der Waals surface area contributed by atoms with Gasteiger partial charge < -0.3 is 9.88 Å². The number of rotatable bonds is 2. The fourth-order valence-electron chi connectivity index (χ4n) is 3.06. The van der Waals surface area contributed by atoms with Crippen LogP contribution in [0.2, 0.25) is 0 Å². The Bertz CT molecular complexity index is 815. The summed E-state index contributed by atoms with van der Waals surface area (Å²) in [5.41, 5.74) is 1.73. The number of likely N-dealkylation sites (tertiary alicyclic amines) is 1. The molecule has 3 heterocycles. The molecule has 0 aliphatic carbocycles. The van der Waals surface area contributed by atoms with Crippen LogP contribution in [0.25, 0.3) is 10.2 Å². The summed E-state index contributed by atoms with van der Waals surface area (Å²) >= 11 is 5.16. The Labute approximate surface area is 146 Å². The van der Waals surface area contributed by atoms with E-state index >= 15 is 0 Å². The molecule has 0 atom stereocenters. The van der Waals surface area contributed by atoms with Crippen LogP contribution in [0, 0.1) is 0 Å². The SMILES string of the molecule is O=C(c1cc(Br)c[nH]1)N1CCC(c2nc3ccccc3s2)CC1. The number of H-pyrrole nitrogens is 1. The molecule has 1 aromatic carbocycles. The van der Waals surface area contributed by atoms with Gasteiger partial charge in [-0.05, 0) is 47.0 Å². The Kier molecular flexibility index (Phi) is 3.95. The molecule has 4 rings (SSSR count). The lowest BCUT2D eigenvalue weighted by Crippen LogP contribution is -2.38. The van der Waals surface area contributed by atoms with Crippen LogP contribution < -0.4 is 0 Å². The highest BCUT2D eigenvalue weighted by atomic mass is 79.9. The van der Waals surface area contributed by atoms with Gasteiger partial charge in [0.05, 0.1) is 15.2 Å². The summed E-state index contributed by atoms with van der Waals surface area (Å²) in [5, 5.41) is 1.21. The number of benzene rings is 1. The van der Waals surface area contributed by atoms with Gasteiger partial charge in [0.25, 0.3) is 5.91 Å². The zero-order valence-electron chi connectivity index (χ0n) is 12.5. The second-order valence-electron chi connectivity index (χ2n) is 5.82. The molecule has 1 amide bonds. The molecule has 118 valence electrons. The third kappa shape index (κ3) is 2.93. The molecule has 1 aliphatic heterocycles. The first-order chi connectivity index (χ1) is 11.2. The second-order valence-corrected chi connectivity index (χ2v) is 7.80. The van der Waals surface area contributed by atoms with Crippen molar-refractivity contribution >= 4 is 43.4 Å². The molecule has 0 saturated carbocycles. The summed E-state index contributed by atoms with van der Waals surface area (Å²) in [6.45, 7) is 1.58. The minimum Gasteiger partial charge on any atom is -0.356 e. The summed E-state index contributed by atoms with van der Waals surface area (Å²) in [4.78, 5) is 22.2. The number of nitrogens with one attached hydrogen (secondary N) is 1. The Morgan fingerprint density at radius 1 is 1.30 bits per heavy atom. The van der Waals surface area contributed by atoms with Gasteiger partial charge >= 0.3 is 0 Å². The van der Waals surface area contributed by atoms with Gasteiger partial charge in [-0.2, -0.15) is 0 Å². The van der Waals surface area contributed by atoms with E-state index in [0.717, 1.165) is 35.9 Å². The van der Waals surface area contributed by atoms with E-state index in [9.17, 15) is 4.79 Å². The number of carbonyl (C=O) groups is 1. The third-order valence-corrected chi connectivity index (χ3v) is 5.98. The summed E-state index contributed by atoms with van der Waals surface area (Å²) in [6, 6.07) is 10.1. The van der Waals surface area contributed by atoms with Gasteiger partial charge in [0.1, 0.15) is 5.69 Å². The van der Waals surface area contributed by atoms with Gasteiger partial charge in [-0.3, -0.25) is 4.79 Å². The van der Waals surface area contributed by atoms with Gasteiger partial charge in [0.15, 0.2) is 0 Å². The van der Waals surface area contributed by atoms with Crippen LogP contribution in [0.4, 0.5) is 0 Å². The number of aromatic amines is 1. The molecule has 1 fully saturated rings. The quantitative estimate of drug-likeness (QED) is 0.705. The van der Waals surface area contributed by atoms with E-state index in [1.54, 1.807) is 17.5 Å². The summed E-state index contributed by atoms with van der Waals surface area (Å²) in [6.07, 6.45) is 3.75. The fourth-order valence-corrected chi connectivity index (χ4v) is 4.54. The van der Waals surface area contributed by atoms with E-state index in [1.807, 2.05) is 17.0 Å². The highest BCUT2D eigenvalue weighted by Gasteiger charge is 2.27. The zero-order chi connectivity index (χ0) is 15.8. The van der Waals surface area contributed by atoms with Gasteiger partial charge in [-0.1, -0.05) is 12.1 Å². The Morgan fingerprint density at radius 3 is 2.78 bits per heavy atom. The number of fused-ring (bicyclic) bond motifs is 1. The van der Waals surface area contributed by atoms with Crippen LogP contribution >= 0.6 is 27.3 Å². The van der Waals surface area contributed by atoms with Crippen LogP contribution in [-0.4, -0.2) is 33.9 Å². The molecule has 6 heteroatoms. The first kappa shape index (κ1) is 14.9. The highest BCUT2D eigenvalue weighted by molar-refractivity contribution is 9.10. The largest absolute Gasteiger partial charge is 0.356 e. The third-order valence-electron chi connectivity index (χ3n) is 4.32. The van der Waals surface area contributed by atoms with Crippen molar-refractivity contribution in [3.8, 4) is 0 Å². The van der Waals surface area contributed by atoms with Gasteiger partial charge in [-0.15, -0.1) is 11.3 Å². The molecule has 0 spiro atoms. The Hall–Kier alpha value is -1.66. The molecule has 0 radical (unpaired) electrons. The number of hydrogen-bond donors (Lipinski definition) is 1. The zero-order valence-corrected chi connectivity index (χ0v) is 14.9. The first-order valence-corrected chi connectivity index (χ1v) is 9.30. The van der Waals surface area contributed by atoms with Crippen molar-refractivity contribution in [2.24, 2.45) is 0 Å². The Morgan fingerprint density at radius 2 is 2.09 bits per heavy atom.